The van der Waals surface area contributed by atoms with Crippen molar-refractivity contribution in [2.75, 3.05) is 18.2 Å². The van der Waals surface area contributed by atoms with Crippen molar-refractivity contribution in [3.63, 3.8) is 0 Å². The summed E-state index contributed by atoms with van der Waals surface area (Å²) in [4.78, 5) is 24.0. The molecule has 0 aliphatic rings. The second-order valence-corrected chi connectivity index (χ2v) is 7.27. The predicted molar refractivity (Wildman–Crippen MR) is 112 cm³/mol. The molecule has 0 bridgehead atoms. The number of aromatic nitrogens is 2. The van der Waals surface area contributed by atoms with E-state index in [-0.39, 0.29) is 29.1 Å². The van der Waals surface area contributed by atoms with E-state index in [4.69, 9.17) is 13.9 Å². The molecule has 1 aromatic heterocycles. The Morgan fingerprint density at radius 2 is 1.80 bits per heavy atom. The Hall–Kier alpha value is -3.33. The molecule has 0 radical (unpaired) electrons. The summed E-state index contributed by atoms with van der Waals surface area (Å²) in [6.45, 7) is 4.07. The first kappa shape index (κ1) is 21.4. The van der Waals surface area contributed by atoms with Crippen molar-refractivity contribution in [1.29, 1.82) is 0 Å². The van der Waals surface area contributed by atoms with Gasteiger partial charge in [0.1, 0.15) is 5.75 Å². The van der Waals surface area contributed by atoms with Gasteiger partial charge in [0.25, 0.3) is 11.1 Å². The van der Waals surface area contributed by atoms with E-state index in [1.165, 1.54) is 7.11 Å². The zero-order valence-electron chi connectivity index (χ0n) is 16.8. The number of amides is 1. The molecule has 2 aromatic carbocycles. The lowest BCUT2D eigenvalue weighted by Crippen LogP contribution is -2.17. The topological polar surface area (TPSA) is 104 Å². The van der Waals surface area contributed by atoms with Crippen LogP contribution in [-0.4, -0.2) is 34.9 Å². The fraction of sp³-hybridized carbons (Fsp3) is 0.238. The third kappa shape index (κ3) is 5.38. The Kier molecular flexibility index (Phi) is 7.08. The van der Waals surface area contributed by atoms with Crippen molar-refractivity contribution in [3.05, 3.63) is 65.0 Å². The zero-order valence-corrected chi connectivity index (χ0v) is 17.6. The minimum absolute atomic E-state index is 0.0366. The third-order valence-corrected chi connectivity index (χ3v) is 4.95. The minimum Gasteiger partial charge on any atom is -0.483 e. The van der Waals surface area contributed by atoms with Gasteiger partial charge in [-0.25, -0.2) is 4.79 Å². The molecule has 9 heteroatoms. The number of aryl methyl sites for hydroxylation is 2. The number of benzene rings is 2. The molecule has 0 spiro atoms. The first-order valence-electron chi connectivity index (χ1n) is 9.09. The molecule has 0 saturated carbocycles. The molecule has 0 fully saturated rings. The number of carbonyl (C=O) groups is 2. The second-order valence-electron chi connectivity index (χ2n) is 6.35. The highest BCUT2D eigenvalue weighted by Crippen LogP contribution is 2.24. The molecule has 1 N–H and O–H groups in total. The number of anilines is 1. The summed E-state index contributed by atoms with van der Waals surface area (Å²) in [5.74, 6) is 0.298. The van der Waals surface area contributed by atoms with E-state index in [2.05, 4.69) is 15.5 Å². The quantitative estimate of drug-likeness (QED) is 0.428. The molecular weight excluding hydrogens is 406 g/mol. The number of carbonyl (C=O) groups excluding carboxylic acids is 2. The number of methoxy groups -OCH3 is 1. The maximum absolute atomic E-state index is 12.2. The highest BCUT2D eigenvalue weighted by molar-refractivity contribution is 7.99. The van der Waals surface area contributed by atoms with Crippen LogP contribution in [0.25, 0.3) is 0 Å². The molecule has 30 heavy (non-hydrogen) atoms. The van der Waals surface area contributed by atoms with Gasteiger partial charge in [-0.1, -0.05) is 42.1 Å². The van der Waals surface area contributed by atoms with E-state index in [1.807, 2.05) is 32.0 Å². The monoisotopic (exact) mass is 427 g/mol. The standard InChI is InChI=1S/C21H21N3O5S/c1-13-7-6-8-14(2)19(13)28-11-18-23-24-21(29-18)30-12-17(25)22-16-10-5-4-9-15(16)20(26)27-3/h4-10H,11-12H2,1-3H3,(H,22,25). The number of thioether (sulfide) groups is 1. The van der Waals surface area contributed by atoms with Gasteiger partial charge < -0.3 is 19.2 Å². The summed E-state index contributed by atoms with van der Waals surface area (Å²) < 4.78 is 16.0. The molecule has 0 saturated heterocycles. The highest BCUT2D eigenvalue weighted by Gasteiger charge is 2.15. The van der Waals surface area contributed by atoms with Gasteiger partial charge in [-0.05, 0) is 37.1 Å². The largest absolute Gasteiger partial charge is 0.483 e. The number of para-hydroxylation sites is 2. The molecule has 1 amide bonds. The summed E-state index contributed by atoms with van der Waals surface area (Å²) in [6.07, 6.45) is 0. The average Bonchev–Trinajstić information content (AvgIpc) is 3.19. The summed E-state index contributed by atoms with van der Waals surface area (Å²) in [5, 5.41) is 10.8. The number of esters is 1. The van der Waals surface area contributed by atoms with E-state index in [9.17, 15) is 9.59 Å². The lowest BCUT2D eigenvalue weighted by molar-refractivity contribution is -0.113. The normalized spacial score (nSPS) is 10.5. The van der Waals surface area contributed by atoms with Crippen LogP contribution in [0.4, 0.5) is 5.69 Å². The number of nitrogens with zero attached hydrogens (tertiary/aromatic N) is 2. The van der Waals surface area contributed by atoms with Gasteiger partial charge in [0.2, 0.25) is 5.91 Å². The van der Waals surface area contributed by atoms with Gasteiger partial charge in [-0.2, -0.15) is 0 Å². The smallest absolute Gasteiger partial charge is 0.339 e. The van der Waals surface area contributed by atoms with Gasteiger partial charge in [-0.15, -0.1) is 10.2 Å². The van der Waals surface area contributed by atoms with Crippen molar-refractivity contribution in [2.24, 2.45) is 0 Å². The number of hydrogen-bond donors (Lipinski definition) is 1. The molecule has 1 heterocycles. The lowest BCUT2D eigenvalue weighted by atomic mass is 10.1. The van der Waals surface area contributed by atoms with Crippen LogP contribution in [-0.2, 0) is 16.1 Å². The first-order valence-corrected chi connectivity index (χ1v) is 10.1. The molecule has 156 valence electrons. The van der Waals surface area contributed by atoms with E-state index >= 15 is 0 Å². The minimum atomic E-state index is -0.524. The van der Waals surface area contributed by atoms with Crippen LogP contribution in [0.3, 0.4) is 0 Å². The van der Waals surface area contributed by atoms with E-state index < -0.39 is 5.97 Å². The zero-order chi connectivity index (χ0) is 21.5. The van der Waals surface area contributed by atoms with E-state index in [0.29, 0.717) is 11.6 Å². The Bertz CT molecular complexity index is 1030. The number of ether oxygens (including phenoxy) is 2. The summed E-state index contributed by atoms with van der Waals surface area (Å²) in [5.41, 5.74) is 2.70. The van der Waals surface area contributed by atoms with Gasteiger partial charge in [0.05, 0.1) is 24.1 Å². The first-order chi connectivity index (χ1) is 14.5. The molecule has 0 atom stereocenters. The maximum Gasteiger partial charge on any atom is 0.339 e. The van der Waals surface area contributed by atoms with Gasteiger partial charge in [0, 0.05) is 0 Å². The van der Waals surface area contributed by atoms with Crippen LogP contribution in [0.2, 0.25) is 0 Å². The molecule has 0 aliphatic heterocycles. The molecule has 3 aromatic rings. The van der Waals surface area contributed by atoms with Crippen LogP contribution < -0.4 is 10.1 Å². The number of rotatable bonds is 8. The van der Waals surface area contributed by atoms with Crippen molar-refractivity contribution in [1.82, 2.24) is 10.2 Å². The Balaban J connectivity index is 1.53. The Labute approximate surface area is 178 Å². The molecule has 0 unspecified atom stereocenters. The van der Waals surface area contributed by atoms with Gasteiger partial charge in [-0.3, -0.25) is 4.79 Å². The summed E-state index contributed by atoms with van der Waals surface area (Å²) in [6, 6.07) is 12.5. The second kappa shape index (κ2) is 9.93. The highest BCUT2D eigenvalue weighted by atomic mass is 32.2. The van der Waals surface area contributed by atoms with Crippen molar-refractivity contribution in [3.8, 4) is 5.75 Å². The van der Waals surface area contributed by atoms with Crippen molar-refractivity contribution < 1.29 is 23.5 Å². The maximum atomic E-state index is 12.2. The van der Waals surface area contributed by atoms with E-state index in [0.717, 1.165) is 28.6 Å². The SMILES string of the molecule is COC(=O)c1ccccc1NC(=O)CSc1nnc(COc2c(C)cccc2C)o1. The lowest BCUT2D eigenvalue weighted by Gasteiger charge is -2.09. The number of hydrogen-bond acceptors (Lipinski definition) is 8. The van der Waals surface area contributed by atoms with Gasteiger partial charge >= 0.3 is 5.97 Å². The molecule has 0 aliphatic carbocycles. The molecular formula is C21H21N3O5S. The van der Waals surface area contributed by atoms with Crippen LogP contribution in [0.1, 0.15) is 27.4 Å². The van der Waals surface area contributed by atoms with Crippen LogP contribution in [0.5, 0.6) is 5.75 Å². The number of nitrogens with one attached hydrogen (secondary N) is 1. The fourth-order valence-electron chi connectivity index (χ4n) is 2.71. The van der Waals surface area contributed by atoms with Crippen LogP contribution >= 0.6 is 11.8 Å². The van der Waals surface area contributed by atoms with Crippen LogP contribution in [0.15, 0.2) is 52.1 Å². The third-order valence-electron chi connectivity index (χ3n) is 4.13. The predicted octanol–water partition coefficient (Wildman–Crippen LogP) is 3.78. The van der Waals surface area contributed by atoms with Gasteiger partial charge in [0.15, 0.2) is 6.61 Å². The van der Waals surface area contributed by atoms with E-state index in [1.54, 1.807) is 24.3 Å². The molecule has 8 nitrogen and oxygen atoms in total. The molecule has 3 rings (SSSR count). The van der Waals surface area contributed by atoms with Crippen molar-refractivity contribution in [2.45, 2.75) is 25.7 Å². The van der Waals surface area contributed by atoms with Crippen molar-refractivity contribution >= 4 is 29.3 Å². The summed E-state index contributed by atoms with van der Waals surface area (Å²) >= 11 is 1.09. The fourth-order valence-corrected chi connectivity index (χ4v) is 3.29. The Morgan fingerprint density at radius 3 is 2.53 bits per heavy atom. The average molecular weight is 427 g/mol. The van der Waals surface area contributed by atoms with Crippen LogP contribution in [0, 0.1) is 13.8 Å². The Morgan fingerprint density at radius 1 is 1.07 bits per heavy atom. The summed E-state index contributed by atoms with van der Waals surface area (Å²) in [7, 11) is 1.29.